The van der Waals surface area contributed by atoms with Crippen molar-refractivity contribution in [3.8, 4) is 0 Å². The summed E-state index contributed by atoms with van der Waals surface area (Å²) in [6.45, 7) is 2.02. The van der Waals surface area contributed by atoms with Crippen LogP contribution in [0.25, 0.3) is 11.0 Å². The minimum Gasteiger partial charge on any atom is -0.342 e. The van der Waals surface area contributed by atoms with Crippen molar-refractivity contribution in [3.05, 3.63) is 40.4 Å². The number of aromatic amines is 1. The van der Waals surface area contributed by atoms with Gasteiger partial charge in [-0.3, -0.25) is 4.98 Å². The summed E-state index contributed by atoms with van der Waals surface area (Å²) in [4.78, 5) is 16.9. The number of aromatic nitrogens is 4. The van der Waals surface area contributed by atoms with E-state index in [1.807, 2.05) is 19.1 Å². The van der Waals surface area contributed by atoms with Crippen molar-refractivity contribution in [2.24, 2.45) is 0 Å². The van der Waals surface area contributed by atoms with Gasteiger partial charge in [0.05, 0.1) is 10.4 Å². The van der Waals surface area contributed by atoms with Gasteiger partial charge >= 0.3 is 0 Å². The first kappa shape index (κ1) is 13.7. The Morgan fingerprint density at radius 3 is 2.85 bits per heavy atom. The Morgan fingerprint density at radius 2 is 2.15 bits per heavy atom. The summed E-state index contributed by atoms with van der Waals surface area (Å²) >= 11 is 13.9. The highest BCUT2D eigenvalue weighted by molar-refractivity contribution is 7.99. The fraction of sp³-hybridized carbons (Fsp3) is 0.154. The summed E-state index contributed by atoms with van der Waals surface area (Å²) in [7, 11) is 0. The first-order valence-electron chi connectivity index (χ1n) is 6.00. The van der Waals surface area contributed by atoms with E-state index in [0.717, 1.165) is 17.0 Å². The maximum atomic E-state index is 6.26. The highest BCUT2D eigenvalue weighted by Gasteiger charge is 2.15. The average molecular weight is 325 g/mol. The van der Waals surface area contributed by atoms with Gasteiger partial charge in [0.15, 0.2) is 5.16 Å². The number of aryl methyl sites for hydroxylation is 1. The van der Waals surface area contributed by atoms with Gasteiger partial charge in [0.25, 0.3) is 0 Å². The zero-order chi connectivity index (χ0) is 14.1. The lowest BCUT2D eigenvalue weighted by Gasteiger charge is -2.01. The van der Waals surface area contributed by atoms with Gasteiger partial charge < -0.3 is 4.98 Å². The number of fused-ring (bicyclic) bond motifs is 1. The predicted molar refractivity (Wildman–Crippen MR) is 81.6 cm³/mol. The van der Waals surface area contributed by atoms with Gasteiger partial charge in [-0.15, -0.1) is 0 Å². The van der Waals surface area contributed by atoms with Crippen LogP contribution in [-0.4, -0.2) is 19.9 Å². The Labute approximate surface area is 129 Å². The standard InChI is InChI=1S/C13H10Cl2N4S/c1-2-8-10(14)9-11(15)18-13(19-12(9)17-8)20-7-4-3-5-16-6-7/h3-6H,2H2,1H3,(H,17,18,19). The normalized spacial score (nSPS) is 11.2. The zero-order valence-corrected chi connectivity index (χ0v) is 12.9. The van der Waals surface area contributed by atoms with Gasteiger partial charge in [0.2, 0.25) is 0 Å². The topological polar surface area (TPSA) is 54.5 Å². The molecule has 0 atom stereocenters. The fourth-order valence-corrected chi connectivity index (χ4v) is 3.32. The second kappa shape index (κ2) is 5.60. The molecule has 102 valence electrons. The second-order valence-corrected chi connectivity index (χ2v) is 5.86. The molecule has 0 unspecified atom stereocenters. The minimum absolute atomic E-state index is 0.363. The number of H-pyrrole nitrogens is 1. The van der Waals surface area contributed by atoms with E-state index in [2.05, 4.69) is 19.9 Å². The number of rotatable bonds is 3. The molecule has 3 aromatic heterocycles. The molecule has 3 heterocycles. The van der Waals surface area contributed by atoms with E-state index in [0.29, 0.717) is 26.4 Å². The lowest BCUT2D eigenvalue weighted by atomic mass is 10.3. The molecule has 0 radical (unpaired) electrons. The van der Waals surface area contributed by atoms with E-state index < -0.39 is 0 Å². The van der Waals surface area contributed by atoms with E-state index in [-0.39, 0.29) is 0 Å². The molecule has 3 rings (SSSR count). The Kier molecular flexibility index (Phi) is 3.83. The van der Waals surface area contributed by atoms with Crippen molar-refractivity contribution >= 4 is 46.0 Å². The molecule has 3 aromatic rings. The Balaban J connectivity index is 2.06. The molecule has 0 spiro atoms. The molecule has 0 fully saturated rings. The maximum absolute atomic E-state index is 6.26. The lowest BCUT2D eigenvalue weighted by molar-refractivity contribution is 0.985. The minimum atomic E-state index is 0.363. The SMILES string of the molecule is CCc1[nH]c2nc(Sc3cccnc3)nc(Cl)c2c1Cl. The quantitative estimate of drug-likeness (QED) is 0.574. The molecule has 0 amide bonds. The van der Waals surface area contributed by atoms with Crippen LogP contribution in [0.4, 0.5) is 0 Å². The van der Waals surface area contributed by atoms with E-state index in [4.69, 9.17) is 23.2 Å². The summed E-state index contributed by atoms with van der Waals surface area (Å²) in [5, 5.41) is 2.21. The summed E-state index contributed by atoms with van der Waals surface area (Å²) < 4.78 is 0. The van der Waals surface area contributed by atoms with Crippen LogP contribution in [0.3, 0.4) is 0 Å². The molecule has 0 aliphatic carbocycles. The number of halogens is 2. The monoisotopic (exact) mass is 324 g/mol. The molecule has 20 heavy (non-hydrogen) atoms. The second-order valence-electron chi connectivity index (χ2n) is 4.08. The number of nitrogens with one attached hydrogen (secondary N) is 1. The number of hydrogen-bond acceptors (Lipinski definition) is 4. The van der Waals surface area contributed by atoms with E-state index in [9.17, 15) is 0 Å². The van der Waals surface area contributed by atoms with E-state index >= 15 is 0 Å². The molecule has 0 aliphatic heterocycles. The first-order chi connectivity index (χ1) is 9.69. The van der Waals surface area contributed by atoms with Crippen LogP contribution in [0.15, 0.2) is 34.6 Å². The highest BCUT2D eigenvalue weighted by Crippen LogP contribution is 2.34. The molecule has 4 nitrogen and oxygen atoms in total. The lowest BCUT2D eigenvalue weighted by Crippen LogP contribution is -1.89. The van der Waals surface area contributed by atoms with Gasteiger partial charge in [-0.05, 0) is 30.3 Å². The fourth-order valence-electron chi connectivity index (χ4n) is 1.85. The molecular formula is C13H10Cl2N4S. The van der Waals surface area contributed by atoms with Crippen molar-refractivity contribution in [1.29, 1.82) is 0 Å². The van der Waals surface area contributed by atoms with Gasteiger partial charge in [-0.2, -0.15) is 0 Å². The molecule has 0 bridgehead atoms. The smallest absolute Gasteiger partial charge is 0.195 e. The van der Waals surface area contributed by atoms with Crippen LogP contribution in [0.1, 0.15) is 12.6 Å². The van der Waals surface area contributed by atoms with E-state index in [1.54, 1.807) is 12.4 Å². The van der Waals surface area contributed by atoms with Crippen molar-refractivity contribution in [1.82, 2.24) is 19.9 Å². The number of pyridine rings is 1. The number of hydrogen-bond donors (Lipinski definition) is 1. The summed E-state index contributed by atoms with van der Waals surface area (Å²) in [6, 6.07) is 3.81. The van der Waals surface area contributed by atoms with Crippen molar-refractivity contribution < 1.29 is 0 Å². The van der Waals surface area contributed by atoms with Crippen molar-refractivity contribution in [3.63, 3.8) is 0 Å². The molecule has 1 N–H and O–H groups in total. The van der Waals surface area contributed by atoms with Gasteiger partial charge in [0, 0.05) is 23.0 Å². The highest BCUT2D eigenvalue weighted by atomic mass is 35.5. The Bertz CT molecular complexity index is 758. The average Bonchev–Trinajstić information content (AvgIpc) is 2.76. The summed E-state index contributed by atoms with van der Waals surface area (Å²) in [6.07, 6.45) is 4.27. The molecule has 0 aromatic carbocycles. The predicted octanol–water partition coefficient (Wildman–Crippen LogP) is 4.37. The van der Waals surface area contributed by atoms with Gasteiger partial charge in [-0.1, -0.05) is 30.1 Å². The maximum Gasteiger partial charge on any atom is 0.195 e. The van der Waals surface area contributed by atoms with Gasteiger partial charge in [0.1, 0.15) is 10.8 Å². The van der Waals surface area contributed by atoms with Crippen LogP contribution < -0.4 is 0 Å². The molecule has 0 aliphatic rings. The summed E-state index contributed by atoms with van der Waals surface area (Å²) in [5.41, 5.74) is 1.58. The third kappa shape index (κ3) is 2.49. The van der Waals surface area contributed by atoms with Crippen LogP contribution >= 0.6 is 35.0 Å². The molecule has 7 heteroatoms. The van der Waals surface area contributed by atoms with Crippen LogP contribution in [-0.2, 0) is 6.42 Å². The Morgan fingerprint density at radius 1 is 1.30 bits per heavy atom. The first-order valence-corrected chi connectivity index (χ1v) is 7.57. The third-order valence-electron chi connectivity index (χ3n) is 2.80. The summed E-state index contributed by atoms with van der Waals surface area (Å²) in [5.74, 6) is 0. The van der Waals surface area contributed by atoms with Gasteiger partial charge in [-0.25, -0.2) is 9.97 Å². The van der Waals surface area contributed by atoms with Crippen LogP contribution in [0.2, 0.25) is 10.2 Å². The molecule has 0 saturated heterocycles. The molecular weight excluding hydrogens is 315 g/mol. The largest absolute Gasteiger partial charge is 0.342 e. The van der Waals surface area contributed by atoms with Crippen molar-refractivity contribution in [2.75, 3.05) is 0 Å². The van der Waals surface area contributed by atoms with Crippen LogP contribution in [0.5, 0.6) is 0 Å². The Hall–Kier alpha value is -1.30. The van der Waals surface area contributed by atoms with Crippen molar-refractivity contribution in [2.45, 2.75) is 23.4 Å². The molecule has 0 saturated carbocycles. The third-order valence-corrected chi connectivity index (χ3v) is 4.33. The zero-order valence-electron chi connectivity index (χ0n) is 10.5. The van der Waals surface area contributed by atoms with Crippen LogP contribution in [0, 0.1) is 0 Å². The number of nitrogens with zero attached hydrogens (tertiary/aromatic N) is 3. The van der Waals surface area contributed by atoms with E-state index in [1.165, 1.54) is 11.8 Å².